The fraction of sp³-hybridized carbons (Fsp3) is 0.211. The lowest BCUT2D eigenvalue weighted by molar-refractivity contribution is -0.127. The Bertz CT molecular complexity index is 655. The van der Waals surface area contributed by atoms with Gasteiger partial charge in [-0.15, -0.1) is 0 Å². The monoisotopic (exact) mass is 313 g/mol. The number of carbonyl (C=O) groups is 1. The number of methoxy groups -OCH3 is 1. The second-order valence-corrected chi connectivity index (χ2v) is 5.13. The van der Waals surface area contributed by atoms with E-state index in [0.717, 1.165) is 5.56 Å². The van der Waals surface area contributed by atoms with Crippen molar-refractivity contribution in [2.75, 3.05) is 20.3 Å². The van der Waals surface area contributed by atoms with Gasteiger partial charge in [-0.1, -0.05) is 42.5 Å². The molecule has 2 aromatic carbocycles. The number of nitrogens with zero attached hydrogens (tertiary/aromatic N) is 1. The smallest absolute Gasteiger partial charge is 0.246 e. The minimum Gasteiger partial charge on any atom is -0.383 e. The maximum atomic E-state index is 13.2. The molecule has 0 aromatic heterocycles. The van der Waals surface area contributed by atoms with Crippen LogP contribution in [-0.4, -0.2) is 31.1 Å². The predicted molar refractivity (Wildman–Crippen MR) is 89.2 cm³/mol. The molecule has 0 bridgehead atoms. The standard InChI is InChI=1S/C19H20FNO2/c1-23-13-12-21(15-17-6-3-2-4-7-17)19(22)11-10-16-8-5-9-18(20)14-16/h2-11,14H,12-13,15H2,1H3. The summed E-state index contributed by atoms with van der Waals surface area (Å²) >= 11 is 0. The highest BCUT2D eigenvalue weighted by Gasteiger charge is 2.11. The zero-order chi connectivity index (χ0) is 16.5. The molecule has 0 N–H and O–H groups in total. The van der Waals surface area contributed by atoms with Crippen molar-refractivity contribution in [2.45, 2.75) is 6.54 Å². The molecule has 3 nitrogen and oxygen atoms in total. The largest absolute Gasteiger partial charge is 0.383 e. The SMILES string of the molecule is COCCN(Cc1ccccc1)C(=O)C=Cc1cccc(F)c1. The summed E-state index contributed by atoms with van der Waals surface area (Å²) in [4.78, 5) is 14.1. The van der Waals surface area contributed by atoms with Crippen LogP contribution in [0.2, 0.25) is 0 Å². The van der Waals surface area contributed by atoms with Crippen LogP contribution in [-0.2, 0) is 16.1 Å². The van der Waals surface area contributed by atoms with Gasteiger partial charge in [-0.25, -0.2) is 4.39 Å². The predicted octanol–water partition coefficient (Wildman–Crippen LogP) is 3.51. The molecule has 0 heterocycles. The van der Waals surface area contributed by atoms with Gasteiger partial charge in [0.1, 0.15) is 5.82 Å². The van der Waals surface area contributed by atoms with Gasteiger partial charge in [-0.05, 0) is 29.3 Å². The van der Waals surface area contributed by atoms with E-state index in [9.17, 15) is 9.18 Å². The minimum absolute atomic E-state index is 0.129. The van der Waals surface area contributed by atoms with Crippen LogP contribution < -0.4 is 0 Å². The molecule has 0 aliphatic carbocycles. The summed E-state index contributed by atoms with van der Waals surface area (Å²) in [6.07, 6.45) is 3.09. The lowest BCUT2D eigenvalue weighted by Gasteiger charge is -2.21. The van der Waals surface area contributed by atoms with Crippen molar-refractivity contribution >= 4 is 12.0 Å². The van der Waals surface area contributed by atoms with E-state index < -0.39 is 0 Å². The maximum Gasteiger partial charge on any atom is 0.246 e. The number of benzene rings is 2. The molecule has 0 spiro atoms. The van der Waals surface area contributed by atoms with Crippen LogP contribution in [0.5, 0.6) is 0 Å². The lowest BCUT2D eigenvalue weighted by atomic mass is 10.2. The van der Waals surface area contributed by atoms with E-state index in [4.69, 9.17) is 4.74 Å². The summed E-state index contributed by atoms with van der Waals surface area (Å²) in [7, 11) is 1.60. The maximum absolute atomic E-state index is 13.2. The van der Waals surface area contributed by atoms with Gasteiger partial charge in [0.2, 0.25) is 5.91 Å². The van der Waals surface area contributed by atoms with Gasteiger partial charge in [0, 0.05) is 26.3 Å². The van der Waals surface area contributed by atoms with Gasteiger partial charge in [0.15, 0.2) is 0 Å². The van der Waals surface area contributed by atoms with Crippen LogP contribution in [0.1, 0.15) is 11.1 Å². The van der Waals surface area contributed by atoms with E-state index in [-0.39, 0.29) is 11.7 Å². The average Bonchev–Trinajstić information content (AvgIpc) is 2.57. The molecule has 0 unspecified atom stereocenters. The fourth-order valence-corrected chi connectivity index (χ4v) is 2.16. The summed E-state index contributed by atoms with van der Waals surface area (Å²) in [5, 5.41) is 0. The highest BCUT2D eigenvalue weighted by molar-refractivity contribution is 5.91. The summed E-state index contributed by atoms with van der Waals surface area (Å²) in [6, 6.07) is 15.9. The number of ether oxygens (including phenoxy) is 1. The van der Waals surface area contributed by atoms with Gasteiger partial charge in [-0.3, -0.25) is 4.79 Å². The normalized spacial score (nSPS) is 10.9. The third-order valence-electron chi connectivity index (χ3n) is 3.36. The van der Waals surface area contributed by atoms with Gasteiger partial charge in [-0.2, -0.15) is 0 Å². The molecule has 0 saturated heterocycles. The first kappa shape index (κ1) is 16.9. The Kier molecular flexibility index (Phi) is 6.51. The number of hydrogen-bond donors (Lipinski definition) is 0. The molecule has 0 fully saturated rings. The molecule has 0 atom stereocenters. The molecule has 2 rings (SSSR count). The molecule has 1 amide bonds. The Hall–Kier alpha value is -2.46. The first-order valence-electron chi connectivity index (χ1n) is 7.44. The number of rotatable bonds is 7. The van der Waals surface area contributed by atoms with Crippen molar-refractivity contribution in [3.8, 4) is 0 Å². The van der Waals surface area contributed by atoms with E-state index >= 15 is 0 Å². The topological polar surface area (TPSA) is 29.5 Å². The summed E-state index contributed by atoms with van der Waals surface area (Å²) in [6.45, 7) is 1.47. The third kappa shape index (κ3) is 5.68. The Balaban J connectivity index is 2.06. The summed E-state index contributed by atoms with van der Waals surface area (Å²) in [5.41, 5.74) is 1.71. The van der Waals surface area contributed by atoms with E-state index in [1.54, 1.807) is 30.2 Å². The number of halogens is 1. The molecule has 2 aromatic rings. The number of carbonyl (C=O) groups excluding carboxylic acids is 1. The third-order valence-corrected chi connectivity index (χ3v) is 3.36. The fourth-order valence-electron chi connectivity index (χ4n) is 2.16. The van der Waals surface area contributed by atoms with E-state index in [1.165, 1.54) is 18.2 Å². The van der Waals surface area contributed by atoms with E-state index in [0.29, 0.717) is 25.3 Å². The second-order valence-electron chi connectivity index (χ2n) is 5.13. The zero-order valence-corrected chi connectivity index (χ0v) is 13.1. The van der Waals surface area contributed by atoms with Crippen LogP contribution in [0.25, 0.3) is 6.08 Å². The van der Waals surface area contributed by atoms with Crippen LogP contribution in [0.3, 0.4) is 0 Å². The molecular weight excluding hydrogens is 293 g/mol. The Labute approximate surface area is 136 Å². The van der Waals surface area contributed by atoms with Crippen LogP contribution in [0.4, 0.5) is 4.39 Å². The molecule has 23 heavy (non-hydrogen) atoms. The quantitative estimate of drug-likeness (QED) is 0.732. The van der Waals surface area contributed by atoms with Crippen LogP contribution in [0.15, 0.2) is 60.7 Å². The van der Waals surface area contributed by atoms with Crippen molar-refractivity contribution in [2.24, 2.45) is 0 Å². The average molecular weight is 313 g/mol. The van der Waals surface area contributed by atoms with E-state index in [1.807, 2.05) is 30.3 Å². The van der Waals surface area contributed by atoms with Crippen molar-refractivity contribution < 1.29 is 13.9 Å². The van der Waals surface area contributed by atoms with Crippen molar-refractivity contribution in [1.29, 1.82) is 0 Å². The van der Waals surface area contributed by atoms with Crippen LogP contribution >= 0.6 is 0 Å². The van der Waals surface area contributed by atoms with Gasteiger partial charge < -0.3 is 9.64 Å². The van der Waals surface area contributed by atoms with Crippen molar-refractivity contribution in [3.05, 3.63) is 77.6 Å². The molecule has 4 heteroatoms. The molecule has 0 radical (unpaired) electrons. The van der Waals surface area contributed by atoms with Gasteiger partial charge >= 0.3 is 0 Å². The summed E-state index contributed by atoms with van der Waals surface area (Å²) in [5.74, 6) is -0.449. The highest BCUT2D eigenvalue weighted by Crippen LogP contribution is 2.08. The molecule has 0 saturated carbocycles. The molecular formula is C19H20FNO2. The highest BCUT2D eigenvalue weighted by atomic mass is 19.1. The van der Waals surface area contributed by atoms with Gasteiger partial charge in [0.05, 0.1) is 6.61 Å². The number of hydrogen-bond acceptors (Lipinski definition) is 2. The van der Waals surface area contributed by atoms with Gasteiger partial charge in [0.25, 0.3) is 0 Å². The van der Waals surface area contributed by atoms with E-state index in [2.05, 4.69) is 0 Å². The first-order chi connectivity index (χ1) is 11.2. The molecule has 0 aliphatic heterocycles. The van der Waals surface area contributed by atoms with Crippen molar-refractivity contribution in [1.82, 2.24) is 4.90 Å². The number of amides is 1. The first-order valence-corrected chi connectivity index (χ1v) is 7.44. The minimum atomic E-state index is -0.319. The zero-order valence-electron chi connectivity index (χ0n) is 13.1. The molecule has 0 aliphatic rings. The second kappa shape index (κ2) is 8.86. The Morgan fingerprint density at radius 3 is 2.65 bits per heavy atom. The summed E-state index contributed by atoms with van der Waals surface area (Å²) < 4.78 is 18.2. The Morgan fingerprint density at radius 2 is 1.96 bits per heavy atom. The Morgan fingerprint density at radius 1 is 1.17 bits per heavy atom. The van der Waals surface area contributed by atoms with Crippen molar-refractivity contribution in [3.63, 3.8) is 0 Å². The molecule has 120 valence electrons. The van der Waals surface area contributed by atoms with Crippen LogP contribution in [0, 0.1) is 5.82 Å². The lowest BCUT2D eigenvalue weighted by Crippen LogP contribution is -2.32.